The number of carbonyl (C=O) groups excluding carboxylic acids is 2. The molecule has 2 amide bonds. The molecule has 7 heteroatoms. The summed E-state index contributed by atoms with van der Waals surface area (Å²) in [5, 5.41) is 5.62. The van der Waals surface area contributed by atoms with Crippen LogP contribution in [-0.4, -0.2) is 75.0 Å². The zero-order valence-corrected chi connectivity index (χ0v) is 18.9. The number of nitrogens with one attached hydrogen (secondary N) is 2. The maximum absolute atomic E-state index is 12.4. The summed E-state index contributed by atoms with van der Waals surface area (Å²) in [7, 11) is 3.77. The number of allylic oxidation sites excluding steroid dienone is 1. The molecule has 0 unspecified atom stereocenters. The quantitative estimate of drug-likeness (QED) is 0.490. The molecular weight excluding hydrogens is 392 g/mol. The fourth-order valence-electron chi connectivity index (χ4n) is 4.24. The number of ether oxygens (including phenoxy) is 1. The number of rotatable bonds is 8. The Labute approximate surface area is 185 Å². The Bertz CT molecular complexity index is 755. The summed E-state index contributed by atoms with van der Waals surface area (Å²) in [5.74, 6) is -0.314. The molecule has 0 aromatic heterocycles. The molecule has 0 bridgehead atoms. The predicted molar refractivity (Wildman–Crippen MR) is 122 cm³/mol. The van der Waals surface area contributed by atoms with E-state index in [1.54, 1.807) is 7.11 Å². The van der Waals surface area contributed by atoms with Gasteiger partial charge in [0.15, 0.2) is 0 Å². The van der Waals surface area contributed by atoms with Gasteiger partial charge in [0, 0.05) is 39.3 Å². The van der Waals surface area contributed by atoms with Crippen LogP contribution in [-0.2, 0) is 9.59 Å². The summed E-state index contributed by atoms with van der Waals surface area (Å²) in [6.07, 6.45) is 7.81. The average molecular weight is 429 g/mol. The summed E-state index contributed by atoms with van der Waals surface area (Å²) in [4.78, 5) is 29.3. The highest BCUT2D eigenvalue weighted by Crippen LogP contribution is 2.24. The maximum Gasteiger partial charge on any atom is 0.309 e. The zero-order valence-electron chi connectivity index (χ0n) is 18.9. The van der Waals surface area contributed by atoms with Gasteiger partial charge in [-0.15, -0.1) is 0 Å². The minimum atomic E-state index is -0.565. The molecule has 3 rings (SSSR count). The van der Waals surface area contributed by atoms with Crippen molar-refractivity contribution < 1.29 is 14.3 Å². The minimum absolute atomic E-state index is 0.0174. The second kappa shape index (κ2) is 11.9. The SMILES string of the molecule is COc1ccc([C@@H](CNC(=O)C(=O)NCCC2=CCCCC2)N2CCN(C)CC2)cc1. The van der Waals surface area contributed by atoms with E-state index in [2.05, 4.69) is 33.6 Å². The summed E-state index contributed by atoms with van der Waals surface area (Å²) in [6.45, 7) is 4.72. The van der Waals surface area contributed by atoms with E-state index in [4.69, 9.17) is 4.74 Å². The van der Waals surface area contributed by atoms with Crippen LogP contribution in [0.1, 0.15) is 43.7 Å². The molecule has 1 aliphatic heterocycles. The molecule has 7 nitrogen and oxygen atoms in total. The van der Waals surface area contributed by atoms with Crippen molar-refractivity contribution in [3.05, 3.63) is 41.5 Å². The molecule has 31 heavy (non-hydrogen) atoms. The molecule has 1 fully saturated rings. The Kier molecular flexibility index (Phi) is 8.91. The average Bonchev–Trinajstić information content (AvgIpc) is 2.81. The standard InChI is InChI=1S/C24H36N4O3/c1-27-14-16-28(17-15-27)22(20-8-10-21(31-2)11-9-20)18-26-24(30)23(29)25-13-12-19-6-4-3-5-7-19/h6,8-11,22H,3-5,7,12-18H2,1-2H3,(H,25,29)(H,26,30)/t22-/m1/s1. The fraction of sp³-hybridized carbons (Fsp3) is 0.583. The third-order valence-corrected chi connectivity index (χ3v) is 6.26. The van der Waals surface area contributed by atoms with Gasteiger partial charge < -0.3 is 20.3 Å². The molecule has 1 heterocycles. The zero-order chi connectivity index (χ0) is 22.1. The molecule has 0 radical (unpaired) electrons. The molecule has 170 valence electrons. The lowest BCUT2D eigenvalue weighted by molar-refractivity contribution is -0.139. The van der Waals surface area contributed by atoms with Gasteiger partial charge in [-0.25, -0.2) is 0 Å². The van der Waals surface area contributed by atoms with Crippen LogP contribution in [0.3, 0.4) is 0 Å². The number of hydrogen-bond acceptors (Lipinski definition) is 5. The smallest absolute Gasteiger partial charge is 0.309 e. The molecule has 2 N–H and O–H groups in total. The summed E-state index contributed by atoms with van der Waals surface area (Å²) in [5.41, 5.74) is 2.50. The van der Waals surface area contributed by atoms with Crippen LogP contribution in [0.15, 0.2) is 35.9 Å². The van der Waals surface area contributed by atoms with Gasteiger partial charge in [-0.2, -0.15) is 0 Å². The highest BCUT2D eigenvalue weighted by Gasteiger charge is 2.25. The lowest BCUT2D eigenvalue weighted by Gasteiger charge is -2.38. The highest BCUT2D eigenvalue weighted by molar-refractivity contribution is 6.35. The third kappa shape index (κ3) is 7.08. The molecule has 1 aromatic rings. The number of carbonyl (C=O) groups is 2. The molecule has 1 saturated heterocycles. The van der Waals surface area contributed by atoms with Gasteiger partial charge in [-0.1, -0.05) is 23.8 Å². The van der Waals surface area contributed by atoms with E-state index >= 15 is 0 Å². The molecular formula is C24H36N4O3. The van der Waals surface area contributed by atoms with E-state index in [9.17, 15) is 9.59 Å². The largest absolute Gasteiger partial charge is 0.497 e. The molecule has 1 aromatic carbocycles. The number of benzene rings is 1. The lowest BCUT2D eigenvalue weighted by Crippen LogP contribution is -2.49. The van der Waals surface area contributed by atoms with Gasteiger partial charge in [-0.3, -0.25) is 14.5 Å². The van der Waals surface area contributed by atoms with E-state index in [1.165, 1.54) is 18.4 Å². The fourth-order valence-corrected chi connectivity index (χ4v) is 4.24. The normalized spacial score (nSPS) is 18.7. The van der Waals surface area contributed by atoms with Crippen LogP contribution in [0.4, 0.5) is 0 Å². The van der Waals surface area contributed by atoms with Crippen molar-refractivity contribution in [1.29, 1.82) is 0 Å². The van der Waals surface area contributed by atoms with Crippen molar-refractivity contribution in [1.82, 2.24) is 20.4 Å². The number of nitrogens with zero attached hydrogens (tertiary/aromatic N) is 2. The van der Waals surface area contributed by atoms with Gasteiger partial charge in [0.1, 0.15) is 5.75 Å². The molecule has 0 spiro atoms. The second-order valence-electron chi connectivity index (χ2n) is 8.45. The summed E-state index contributed by atoms with van der Waals surface area (Å²) >= 11 is 0. The van der Waals surface area contributed by atoms with Crippen molar-refractivity contribution in [2.75, 3.05) is 53.4 Å². The first-order valence-corrected chi connectivity index (χ1v) is 11.4. The Hall–Kier alpha value is -2.38. The first-order valence-electron chi connectivity index (χ1n) is 11.4. The van der Waals surface area contributed by atoms with Gasteiger partial charge >= 0.3 is 11.8 Å². The van der Waals surface area contributed by atoms with Crippen LogP contribution in [0.2, 0.25) is 0 Å². The number of likely N-dealkylation sites (N-methyl/N-ethyl adjacent to an activating group) is 1. The van der Waals surface area contributed by atoms with Gasteiger partial charge in [0.25, 0.3) is 0 Å². The summed E-state index contributed by atoms with van der Waals surface area (Å²) in [6, 6.07) is 7.96. The molecule has 1 atom stereocenters. The van der Waals surface area contributed by atoms with Crippen molar-refractivity contribution in [2.45, 2.75) is 38.1 Å². The number of piperazine rings is 1. The Balaban J connectivity index is 1.53. The minimum Gasteiger partial charge on any atom is -0.497 e. The van der Waals surface area contributed by atoms with Gasteiger partial charge in [0.2, 0.25) is 0 Å². The van der Waals surface area contributed by atoms with Gasteiger partial charge in [0.05, 0.1) is 13.2 Å². The topological polar surface area (TPSA) is 73.9 Å². The van der Waals surface area contributed by atoms with E-state index in [0.29, 0.717) is 13.1 Å². The predicted octanol–water partition coefficient (Wildman–Crippen LogP) is 2.11. The van der Waals surface area contributed by atoms with Crippen LogP contribution in [0, 0.1) is 0 Å². The molecule has 1 aliphatic carbocycles. The van der Waals surface area contributed by atoms with Gasteiger partial charge in [-0.05, 0) is 56.8 Å². The first-order chi connectivity index (χ1) is 15.1. The third-order valence-electron chi connectivity index (χ3n) is 6.26. The van der Waals surface area contributed by atoms with E-state index in [0.717, 1.165) is 56.8 Å². The molecule has 0 saturated carbocycles. The Morgan fingerprint density at radius 1 is 1.03 bits per heavy atom. The second-order valence-corrected chi connectivity index (χ2v) is 8.45. The molecule has 2 aliphatic rings. The van der Waals surface area contributed by atoms with Crippen LogP contribution < -0.4 is 15.4 Å². The lowest BCUT2D eigenvalue weighted by atomic mass is 9.97. The van der Waals surface area contributed by atoms with Crippen molar-refractivity contribution in [2.24, 2.45) is 0 Å². The van der Waals surface area contributed by atoms with E-state index < -0.39 is 11.8 Å². The van der Waals surface area contributed by atoms with Crippen molar-refractivity contribution in [3.8, 4) is 5.75 Å². The summed E-state index contributed by atoms with van der Waals surface area (Å²) < 4.78 is 5.27. The Morgan fingerprint density at radius 2 is 1.74 bits per heavy atom. The first kappa shape index (κ1) is 23.3. The monoisotopic (exact) mass is 428 g/mol. The highest BCUT2D eigenvalue weighted by atomic mass is 16.5. The van der Waals surface area contributed by atoms with Crippen molar-refractivity contribution >= 4 is 11.8 Å². The van der Waals surface area contributed by atoms with Crippen LogP contribution in [0.5, 0.6) is 5.75 Å². The van der Waals surface area contributed by atoms with Crippen LogP contribution >= 0.6 is 0 Å². The maximum atomic E-state index is 12.4. The van der Waals surface area contributed by atoms with Crippen LogP contribution in [0.25, 0.3) is 0 Å². The van der Waals surface area contributed by atoms with Crippen molar-refractivity contribution in [3.63, 3.8) is 0 Å². The number of methoxy groups -OCH3 is 1. The number of hydrogen-bond donors (Lipinski definition) is 2. The number of amides is 2. The van der Waals surface area contributed by atoms with E-state index in [1.807, 2.05) is 24.3 Å². The Morgan fingerprint density at radius 3 is 2.39 bits per heavy atom. The van der Waals surface area contributed by atoms with E-state index in [-0.39, 0.29) is 6.04 Å².